The second-order valence-electron chi connectivity index (χ2n) is 7.86. The van der Waals surface area contributed by atoms with Crippen LogP contribution < -0.4 is 0 Å². The molecule has 0 aliphatic rings. The van der Waals surface area contributed by atoms with Crippen molar-refractivity contribution < 1.29 is 5.11 Å². The first kappa shape index (κ1) is 22.2. The Morgan fingerprint density at radius 1 is 0.500 bits per heavy atom. The third-order valence-electron chi connectivity index (χ3n) is 5.33. The molecule has 162 valence electrons. The fourth-order valence-corrected chi connectivity index (χ4v) is 5.76. The molecule has 0 saturated heterocycles. The lowest BCUT2D eigenvalue weighted by Gasteiger charge is -2.25. The molecule has 0 bridgehead atoms. The Morgan fingerprint density at radius 2 is 0.812 bits per heavy atom. The molecule has 0 fully saturated rings. The largest absolute Gasteiger partial charge is 0.346 e. The summed E-state index contributed by atoms with van der Waals surface area (Å²) in [5.74, 6) is 1.64. The molecule has 32 heavy (non-hydrogen) atoms. The normalized spacial score (nSPS) is 11.1. The second kappa shape index (κ2) is 11.6. The lowest BCUT2D eigenvalue weighted by atomic mass is 10.2. The van der Waals surface area contributed by atoms with Crippen LogP contribution in [0, 0.1) is 0 Å². The summed E-state index contributed by atoms with van der Waals surface area (Å²) in [7, 11) is -0.350. The van der Waals surface area contributed by atoms with Crippen molar-refractivity contribution in [1.29, 1.82) is 0 Å². The molecule has 0 unspecified atom stereocenters. The van der Waals surface area contributed by atoms with Crippen LogP contribution >= 0.6 is 10.5 Å². The van der Waals surface area contributed by atoms with Gasteiger partial charge in [-0.1, -0.05) is 121 Å². The van der Waals surface area contributed by atoms with Gasteiger partial charge in [0.25, 0.3) is 0 Å². The fourth-order valence-electron chi connectivity index (χ4n) is 3.71. The summed E-state index contributed by atoms with van der Waals surface area (Å²) in [6.45, 7) is 1.35. The summed E-state index contributed by atoms with van der Waals surface area (Å²) < 4.78 is 0. The minimum atomic E-state index is -0.350. The van der Waals surface area contributed by atoms with Crippen molar-refractivity contribution in [2.75, 3.05) is 0 Å². The molecule has 0 spiro atoms. The molecule has 3 heteroatoms. The van der Waals surface area contributed by atoms with Gasteiger partial charge in [-0.2, -0.15) is 0 Å². The summed E-state index contributed by atoms with van der Waals surface area (Å²) >= 11 is 0. The molecule has 0 heterocycles. The topological polar surface area (TPSA) is 23.5 Å². The van der Waals surface area contributed by atoms with Gasteiger partial charge in [0, 0.05) is 24.6 Å². The lowest BCUT2D eigenvalue weighted by molar-refractivity contribution is 0.331. The number of hydrogen-bond acceptors (Lipinski definition) is 0. The third kappa shape index (κ3) is 6.51. The zero-order valence-corrected chi connectivity index (χ0v) is 19.0. The molecular weight excluding hydrogens is 410 g/mol. The molecule has 0 atom stereocenters. The van der Waals surface area contributed by atoms with E-state index < -0.39 is 0 Å². The highest BCUT2D eigenvalue weighted by Gasteiger charge is 2.16. The Morgan fingerprint density at radius 3 is 1.16 bits per heavy atom. The van der Waals surface area contributed by atoms with E-state index in [0.717, 1.165) is 11.5 Å². The van der Waals surface area contributed by atoms with E-state index in [1.54, 1.807) is 0 Å². The van der Waals surface area contributed by atoms with E-state index in [2.05, 4.69) is 102 Å². The van der Waals surface area contributed by atoms with Crippen LogP contribution in [0.3, 0.4) is 0 Å². The zero-order chi connectivity index (χ0) is 22.0. The molecule has 2 nitrogen and oxygen atoms in total. The van der Waals surface area contributed by atoms with E-state index in [9.17, 15) is 5.11 Å². The van der Waals surface area contributed by atoms with Crippen LogP contribution in [-0.2, 0) is 24.6 Å². The van der Waals surface area contributed by atoms with Crippen molar-refractivity contribution in [3.05, 3.63) is 144 Å². The first-order valence-corrected chi connectivity index (χ1v) is 12.5. The van der Waals surface area contributed by atoms with Gasteiger partial charge in [-0.25, -0.2) is 4.90 Å². The SMILES string of the molecule is OC(N(Cc1ccccc1)Cc1ccccc1)=S(Cc1ccccc1)Cc1ccccc1. The maximum Gasteiger partial charge on any atom is 0.146 e. The van der Waals surface area contributed by atoms with Crippen molar-refractivity contribution >= 4 is 15.7 Å². The Hall–Kier alpha value is -2.98. The van der Waals surface area contributed by atoms with E-state index in [1.165, 1.54) is 22.3 Å². The average Bonchev–Trinajstić information content (AvgIpc) is 2.85. The van der Waals surface area contributed by atoms with Crippen molar-refractivity contribution in [3.8, 4) is 0 Å². The summed E-state index contributed by atoms with van der Waals surface area (Å²) in [6, 6.07) is 41.7. The lowest BCUT2D eigenvalue weighted by Crippen LogP contribution is -2.30. The van der Waals surface area contributed by atoms with Crippen LogP contribution in [0.15, 0.2) is 121 Å². The number of benzene rings is 4. The molecular formula is C29H29NOS. The summed E-state index contributed by atoms with van der Waals surface area (Å²) in [6.07, 6.45) is 0. The standard InChI is InChI=1S/C29H29NOS/c31-29(30(21-25-13-5-1-6-14-25)22-26-15-7-2-8-16-26)32(23-27-17-9-3-10-18-27)24-28-19-11-4-12-20-28/h1-20,31H,21-24H2. The van der Waals surface area contributed by atoms with Gasteiger partial charge in [0.05, 0.1) is 0 Å². The van der Waals surface area contributed by atoms with Crippen LogP contribution in [0.4, 0.5) is 0 Å². The van der Waals surface area contributed by atoms with Gasteiger partial charge in [0.2, 0.25) is 0 Å². The fraction of sp³-hybridized carbons (Fsp3) is 0.138. The molecule has 0 aliphatic carbocycles. The maximum absolute atomic E-state index is 11.7. The van der Waals surface area contributed by atoms with Gasteiger partial charge in [-0.3, -0.25) is 0 Å². The number of rotatable bonds is 8. The van der Waals surface area contributed by atoms with Crippen molar-refractivity contribution in [2.24, 2.45) is 0 Å². The maximum atomic E-state index is 11.7. The van der Waals surface area contributed by atoms with E-state index in [1.807, 2.05) is 24.3 Å². The van der Waals surface area contributed by atoms with Gasteiger partial charge >= 0.3 is 0 Å². The highest BCUT2D eigenvalue weighted by Crippen LogP contribution is 2.29. The van der Waals surface area contributed by atoms with Gasteiger partial charge in [-0.15, -0.1) is 10.5 Å². The first-order chi connectivity index (χ1) is 15.8. The highest BCUT2D eigenvalue weighted by atomic mass is 32.2. The molecule has 0 saturated carbocycles. The van der Waals surface area contributed by atoms with Crippen LogP contribution in [0.2, 0.25) is 0 Å². The Balaban J connectivity index is 1.70. The van der Waals surface area contributed by atoms with Crippen LogP contribution in [-0.4, -0.2) is 15.2 Å². The van der Waals surface area contributed by atoms with Gasteiger partial charge < -0.3 is 5.11 Å². The molecule has 0 aromatic heterocycles. The third-order valence-corrected chi connectivity index (χ3v) is 7.47. The van der Waals surface area contributed by atoms with Gasteiger partial charge in [0.1, 0.15) is 5.17 Å². The quantitative estimate of drug-likeness (QED) is 0.299. The van der Waals surface area contributed by atoms with E-state index >= 15 is 0 Å². The van der Waals surface area contributed by atoms with Crippen molar-refractivity contribution in [2.45, 2.75) is 24.6 Å². The number of hydrogen-bond donors (Lipinski definition) is 1. The summed E-state index contributed by atoms with van der Waals surface area (Å²) in [4.78, 5) is 2.14. The van der Waals surface area contributed by atoms with Gasteiger partial charge in [-0.05, 0) is 22.3 Å². The molecule has 4 aromatic rings. The summed E-state index contributed by atoms with van der Waals surface area (Å²) in [5, 5.41) is 12.1. The molecule has 4 rings (SSSR count). The molecule has 0 radical (unpaired) electrons. The van der Waals surface area contributed by atoms with E-state index in [4.69, 9.17) is 0 Å². The zero-order valence-electron chi connectivity index (χ0n) is 18.2. The molecule has 0 amide bonds. The van der Waals surface area contributed by atoms with E-state index in [-0.39, 0.29) is 10.5 Å². The van der Waals surface area contributed by atoms with Crippen molar-refractivity contribution in [1.82, 2.24) is 4.90 Å². The molecule has 4 aromatic carbocycles. The predicted octanol–water partition coefficient (Wildman–Crippen LogP) is 7.00. The van der Waals surface area contributed by atoms with Crippen molar-refractivity contribution in [3.63, 3.8) is 0 Å². The number of nitrogens with zero attached hydrogens (tertiary/aromatic N) is 1. The Bertz CT molecular complexity index is 1030. The van der Waals surface area contributed by atoms with Crippen LogP contribution in [0.5, 0.6) is 0 Å². The van der Waals surface area contributed by atoms with Crippen LogP contribution in [0.1, 0.15) is 22.3 Å². The second-order valence-corrected chi connectivity index (χ2v) is 9.79. The minimum absolute atomic E-state index is 0.350. The molecule has 0 aliphatic heterocycles. The first-order valence-electron chi connectivity index (χ1n) is 10.9. The van der Waals surface area contributed by atoms with Gasteiger partial charge in [0.15, 0.2) is 0 Å². The minimum Gasteiger partial charge on any atom is -0.346 e. The number of aliphatic hydroxyl groups excluding tert-OH is 1. The van der Waals surface area contributed by atoms with E-state index in [0.29, 0.717) is 18.3 Å². The highest BCUT2D eigenvalue weighted by molar-refractivity contribution is 8.14. The Labute approximate surface area is 193 Å². The predicted molar refractivity (Wildman–Crippen MR) is 138 cm³/mol. The molecule has 1 N–H and O–H groups in total. The average molecular weight is 440 g/mol. The smallest absolute Gasteiger partial charge is 0.146 e. The Kier molecular flexibility index (Phi) is 8.05. The van der Waals surface area contributed by atoms with Crippen LogP contribution in [0.25, 0.3) is 0 Å². The summed E-state index contributed by atoms with van der Waals surface area (Å²) in [5.41, 5.74) is 4.88. The number of aliphatic hydroxyl groups is 1. The monoisotopic (exact) mass is 439 g/mol.